The molecule has 0 fully saturated rings. The Kier molecular flexibility index (Phi) is 26.4. The fraction of sp³-hybridized carbons (Fsp3) is 0. The third kappa shape index (κ3) is 37.3. The first kappa shape index (κ1) is 15.7. The van der Waals surface area contributed by atoms with Crippen molar-refractivity contribution in [3.05, 3.63) is 0 Å². The van der Waals surface area contributed by atoms with E-state index in [4.69, 9.17) is 15.1 Å². The summed E-state index contributed by atoms with van der Waals surface area (Å²) in [5.41, 5.74) is 0. The maximum atomic E-state index is 8.42. The Balaban J connectivity index is -0.0000000450. The minimum atomic E-state index is -2.92. The van der Waals surface area contributed by atoms with Gasteiger partial charge in [0.05, 0.1) is 0 Å². The van der Waals surface area contributed by atoms with Crippen LogP contribution in [0.4, 0.5) is 0 Å². The maximum absolute atomic E-state index is 8.42. The van der Waals surface area contributed by atoms with Crippen molar-refractivity contribution < 1.29 is 31.6 Å². The van der Waals surface area contributed by atoms with E-state index in [9.17, 15) is 0 Å². The van der Waals surface area contributed by atoms with Crippen LogP contribution >= 0.6 is 0 Å². The molecule has 0 rings (SSSR count). The predicted octanol–water partition coefficient (Wildman–Crippen LogP) is -4.33. The molecule has 0 aromatic heterocycles. The average molecular weight is 255 g/mol. The molecule has 0 aromatic carbocycles. The second kappa shape index (κ2) is 10.1. The second-order valence-corrected chi connectivity index (χ2v) is 0.289. The van der Waals surface area contributed by atoms with Crippen molar-refractivity contribution in [3.63, 3.8) is 0 Å². The summed E-state index contributed by atoms with van der Waals surface area (Å²) in [6.07, 6.45) is 0. The molecule has 0 saturated carbocycles. The fourth-order valence-corrected chi connectivity index (χ4v) is 0. The van der Waals surface area contributed by atoms with E-state index < -0.39 is 7.32 Å². The molecule has 0 bridgehead atoms. The van der Waals surface area contributed by atoms with Gasteiger partial charge in [0.2, 0.25) is 0 Å². The van der Waals surface area contributed by atoms with Gasteiger partial charge in [-0.25, -0.2) is 0 Å². The van der Waals surface area contributed by atoms with Crippen LogP contribution in [-0.4, -0.2) is 56.2 Å². The van der Waals surface area contributed by atoms with E-state index in [0.717, 1.165) is 0 Å². The molecule has 0 aliphatic heterocycles. The molecule has 0 unspecified atom stereocenters. The Bertz CT molecular complexity index is 15.5. The molecule has 0 spiro atoms. The third-order valence-electron chi connectivity index (χ3n) is 0. The van der Waals surface area contributed by atoms with Gasteiger partial charge in [-0.2, -0.15) is 0 Å². The van der Waals surface area contributed by atoms with Crippen LogP contribution in [0.25, 0.3) is 0 Å². The molecule has 0 aliphatic rings. The molecule has 0 N–H and O–H groups in total. The third-order valence-corrected chi connectivity index (χ3v) is 0. The van der Waals surface area contributed by atoms with Crippen molar-refractivity contribution in [2.75, 3.05) is 0 Å². The first-order chi connectivity index (χ1) is 1.73. The molecule has 6 heavy (non-hydrogen) atoms. The van der Waals surface area contributed by atoms with E-state index in [2.05, 4.69) is 0 Å². The Labute approximate surface area is 86.3 Å². The van der Waals surface area contributed by atoms with Gasteiger partial charge in [-0.3, -0.25) is 7.32 Å². The summed E-state index contributed by atoms with van der Waals surface area (Å²) >= 11 is 0. The van der Waals surface area contributed by atoms with E-state index in [0.29, 0.717) is 0 Å². The summed E-state index contributed by atoms with van der Waals surface area (Å²) in [5, 5.41) is 25.2. The van der Waals surface area contributed by atoms with E-state index >= 15 is 0 Å². The van der Waals surface area contributed by atoms with Crippen LogP contribution in [0, 0.1) is 0 Å². The van der Waals surface area contributed by atoms with Gasteiger partial charge in [-0.1, -0.05) is 0 Å². The zero-order valence-electron chi connectivity index (χ0n) is 2.83. The van der Waals surface area contributed by atoms with E-state index in [1.165, 1.54) is 0 Å². The molecular weight excluding hydrogens is 255 g/mol. The average Bonchev–Trinajstić information content (AvgIpc) is 0.811. The van der Waals surface area contributed by atoms with Crippen molar-refractivity contribution >= 4 is 56.2 Å². The minimum Gasteiger partial charge on any atom is -0.907 e. The first-order valence-corrected chi connectivity index (χ1v) is 0.707. The fourth-order valence-electron chi connectivity index (χ4n) is 0. The molecule has 3 nitrogen and oxygen atoms in total. The first-order valence-electron chi connectivity index (χ1n) is 0.707. The summed E-state index contributed by atoms with van der Waals surface area (Å²) in [4.78, 5) is 0. The number of hydrogen-bond donors (Lipinski definition) is 0. The van der Waals surface area contributed by atoms with Gasteiger partial charge in [-0.15, -0.1) is 0 Å². The van der Waals surface area contributed by atoms with Crippen molar-refractivity contribution in [1.29, 1.82) is 0 Å². The Morgan fingerprint density at radius 2 is 1.00 bits per heavy atom. The van der Waals surface area contributed by atoms with E-state index in [1.807, 2.05) is 0 Å². The molecule has 0 aromatic rings. The van der Waals surface area contributed by atoms with E-state index in [1.54, 1.807) is 0 Å². The van der Waals surface area contributed by atoms with E-state index in [-0.39, 0.29) is 65.4 Å². The molecule has 0 radical (unpaired) electrons. The minimum absolute atomic E-state index is 0. The van der Waals surface area contributed by atoms with Crippen molar-refractivity contribution in [2.24, 2.45) is 0 Å². The quantitative estimate of drug-likeness (QED) is 0.411. The van der Waals surface area contributed by atoms with Crippen molar-refractivity contribution in [1.82, 2.24) is 0 Å². The maximum Gasteiger partial charge on any atom is 2.00 e. The van der Waals surface area contributed by atoms with Crippen LogP contribution in [0.3, 0.4) is 0 Å². The Hall–Kier alpha value is 2.01. The van der Waals surface area contributed by atoms with Crippen LogP contribution in [-0.2, 0) is 16.5 Å². The summed E-state index contributed by atoms with van der Waals surface area (Å²) in [6.45, 7) is 0. The van der Waals surface area contributed by atoms with Crippen LogP contribution in [0.15, 0.2) is 0 Å². The summed E-state index contributed by atoms with van der Waals surface area (Å²) in [7, 11) is -2.92. The Morgan fingerprint density at radius 1 is 1.00 bits per heavy atom. The monoisotopic (exact) mass is 255 g/mol. The van der Waals surface area contributed by atoms with Gasteiger partial charge in [-0.05, 0) is 0 Å². The normalized spacial score (nSPS) is 4.50. The number of rotatable bonds is 0. The van der Waals surface area contributed by atoms with Crippen LogP contribution in [0.2, 0.25) is 0 Å². The molecule has 0 atom stereocenters. The van der Waals surface area contributed by atoms with Crippen LogP contribution in [0.5, 0.6) is 0 Å². The summed E-state index contributed by atoms with van der Waals surface area (Å²) < 4.78 is 0. The molecule has 6 heteroatoms. The zero-order chi connectivity index (χ0) is 3.58. The van der Waals surface area contributed by atoms with Crippen molar-refractivity contribution in [2.45, 2.75) is 0 Å². The zero-order valence-corrected chi connectivity index (χ0v) is 8.25. The molecule has 0 amide bonds. The Morgan fingerprint density at radius 3 is 1.00 bits per heavy atom. The van der Waals surface area contributed by atoms with Gasteiger partial charge < -0.3 is 15.1 Å². The van der Waals surface area contributed by atoms with Crippen LogP contribution < -0.4 is 15.1 Å². The SMILES string of the molecule is [Ba+2].[Ni+2].[O-]B([O-])[O-]. The van der Waals surface area contributed by atoms with Gasteiger partial charge in [0, 0.05) is 0 Å². The molecule has 0 aliphatic carbocycles. The predicted molar refractivity (Wildman–Crippen MR) is 11.5 cm³/mol. The van der Waals surface area contributed by atoms with Crippen LogP contribution in [0.1, 0.15) is 0 Å². The van der Waals surface area contributed by atoms with Gasteiger partial charge >= 0.3 is 65.4 Å². The smallest absolute Gasteiger partial charge is 0.907 e. The topological polar surface area (TPSA) is 69.2 Å². The molecule has 0 saturated heterocycles. The van der Waals surface area contributed by atoms with Gasteiger partial charge in [0.25, 0.3) is 0 Å². The summed E-state index contributed by atoms with van der Waals surface area (Å²) in [5.74, 6) is 0. The molecular formula is BBaNiO3+. The van der Waals surface area contributed by atoms with Gasteiger partial charge in [0.15, 0.2) is 0 Å². The summed E-state index contributed by atoms with van der Waals surface area (Å²) in [6, 6.07) is 0. The largest absolute Gasteiger partial charge is 2.00 e. The standard InChI is InChI=1S/BO3.Ba.Ni/c2-1(3)4;;/q-3;2*+2. The number of hydrogen-bond acceptors (Lipinski definition) is 3. The van der Waals surface area contributed by atoms with Gasteiger partial charge in [0.1, 0.15) is 0 Å². The molecule has 0 heterocycles. The molecule has 32 valence electrons. The second-order valence-electron chi connectivity index (χ2n) is 0.289. The van der Waals surface area contributed by atoms with Crippen molar-refractivity contribution in [3.8, 4) is 0 Å².